The van der Waals surface area contributed by atoms with Crippen molar-refractivity contribution in [2.75, 3.05) is 17.2 Å². The van der Waals surface area contributed by atoms with Gasteiger partial charge in [-0.05, 0) is 37.6 Å². The van der Waals surface area contributed by atoms with E-state index in [1.165, 1.54) is 0 Å². The van der Waals surface area contributed by atoms with Gasteiger partial charge in [0.2, 0.25) is 5.91 Å². The van der Waals surface area contributed by atoms with Gasteiger partial charge in [0, 0.05) is 5.69 Å². The minimum absolute atomic E-state index is 0.0556. The second-order valence-electron chi connectivity index (χ2n) is 4.89. The molecule has 0 saturated carbocycles. The highest BCUT2D eigenvalue weighted by molar-refractivity contribution is 5.96. The van der Waals surface area contributed by atoms with Crippen molar-refractivity contribution in [1.82, 2.24) is 0 Å². The molecule has 0 spiro atoms. The van der Waals surface area contributed by atoms with E-state index >= 15 is 0 Å². The Hall–Kier alpha value is -2.49. The molecule has 1 atom stereocenters. The molecule has 0 fully saturated rings. The lowest BCUT2D eigenvalue weighted by atomic mass is 10.1. The smallest absolute Gasteiger partial charge is 0.246 e. The number of hydrogen-bond donors (Lipinski definition) is 2. The third-order valence-electron chi connectivity index (χ3n) is 3.28. The molecule has 22 heavy (non-hydrogen) atoms. The van der Waals surface area contributed by atoms with Crippen LogP contribution in [0.5, 0.6) is 5.75 Å². The maximum Gasteiger partial charge on any atom is 0.246 e. The van der Waals surface area contributed by atoms with Gasteiger partial charge in [-0.3, -0.25) is 4.79 Å². The van der Waals surface area contributed by atoms with Gasteiger partial charge in [0.15, 0.2) is 0 Å². The Morgan fingerprint density at radius 3 is 2.41 bits per heavy atom. The third kappa shape index (κ3) is 4.25. The number of para-hydroxylation sites is 3. The van der Waals surface area contributed by atoms with E-state index in [-0.39, 0.29) is 11.9 Å². The van der Waals surface area contributed by atoms with Gasteiger partial charge in [-0.2, -0.15) is 0 Å². The molecule has 0 heterocycles. The van der Waals surface area contributed by atoms with Gasteiger partial charge in [0.1, 0.15) is 11.8 Å². The minimum atomic E-state index is -0.318. The molecular weight excluding hydrogens is 276 g/mol. The van der Waals surface area contributed by atoms with Crippen LogP contribution in [0.2, 0.25) is 0 Å². The number of amides is 1. The molecule has 0 aromatic heterocycles. The zero-order valence-electron chi connectivity index (χ0n) is 13.0. The fraction of sp³-hybridized carbons (Fsp3) is 0.278. The van der Waals surface area contributed by atoms with Crippen LogP contribution >= 0.6 is 0 Å². The van der Waals surface area contributed by atoms with E-state index < -0.39 is 0 Å². The number of anilines is 2. The monoisotopic (exact) mass is 298 g/mol. The quantitative estimate of drug-likeness (QED) is 0.814. The number of carbonyl (C=O) groups excluding carboxylic acids is 1. The summed E-state index contributed by atoms with van der Waals surface area (Å²) in [5.41, 5.74) is 1.63. The highest BCUT2D eigenvalue weighted by atomic mass is 16.5. The van der Waals surface area contributed by atoms with Crippen molar-refractivity contribution in [2.24, 2.45) is 0 Å². The van der Waals surface area contributed by atoms with Crippen LogP contribution in [0.25, 0.3) is 0 Å². The van der Waals surface area contributed by atoms with Crippen molar-refractivity contribution >= 4 is 17.3 Å². The Kier molecular flexibility index (Phi) is 5.83. The molecule has 0 aliphatic carbocycles. The molecule has 1 amide bonds. The highest BCUT2D eigenvalue weighted by Gasteiger charge is 2.17. The molecule has 0 aliphatic heterocycles. The van der Waals surface area contributed by atoms with Crippen molar-refractivity contribution < 1.29 is 9.53 Å². The Balaban J connectivity index is 2.07. The molecule has 116 valence electrons. The molecule has 0 saturated heterocycles. The predicted molar refractivity (Wildman–Crippen MR) is 90.4 cm³/mol. The molecule has 4 nitrogen and oxygen atoms in total. The summed E-state index contributed by atoms with van der Waals surface area (Å²) in [7, 11) is 0. The van der Waals surface area contributed by atoms with Gasteiger partial charge in [0.25, 0.3) is 0 Å². The number of benzene rings is 2. The number of ether oxygens (including phenoxy) is 1. The fourth-order valence-corrected chi connectivity index (χ4v) is 2.16. The Morgan fingerprint density at radius 1 is 1.05 bits per heavy atom. The molecule has 2 aromatic carbocycles. The molecular formula is C18H22N2O2. The summed E-state index contributed by atoms with van der Waals surface area (Å²) in [4.78, 5) is 12.4. The first kappa shape index (κ1) is 15.9. The lowest BCUT2D eigenvalue weighted by Crippen LogP contribution is -2.34. The van der Waals surface area contributed by atoms with Crippen LogP contribution in [-0.4, -0.2) is 18.6 Å². The van der Waals surface area contributed by atoms with Gasteiger partial charge in [-0.1, -0.05) is 37.3 Å². The maximum atomic E-state index is 12.4. The molecule has 2 rings (SSSR count). The first-order valence-corrected chi connectivity index (χ1v) is 7.58. The maximum absolute atomic E-state index is 12.4. The third-order valence-corrected chi connectivity index (χ3v) is 3.28. The van der Waals surface area contributed by atoms with Crippen molar-refractivity contribution in [3.63, 3.8) is 0 Å². The van der Waals surface area contributed by atoms with Crippen molar-refractivity contribution in [1.29, 1.82) is 0 Å². The van der Waals surface area contributed by atoms with Gasteiger partial charge < -0.3 is 15.4 Å². The summed E-state index contributed by atoms with van der Waals surface area (Å²) in [6.07, 6.45) is 0.680. The largest absolute Gasteiger partial charge is 0.492 e. The van der Waals surface area contributed by atoms with E-state index in [1.807, 2.05) is 68.4 Å². The highest BCUT2D eigenvalue weighted by Crippen LogP contribution is 2.25. The first-order valence-electron chi connectivity index (χ1n) is 7.58. The number of carbonyl (C=O) groups is 1. The standard InChI is InChI=1S/C18H22N2O2/c1-3-15(18(21)19-14-10-6-5-7-11-14)20-16-12-8-9-13-17(16)22-4-2/h5-13,15,20H,3-4H2,1-2H3,(H,19,21)/t15-/m0/s1. The number of rotatable bonds is 7. The molecule has 0 radical (unpaired) electrons. The van der Waals surface area contributed by atoms with Crippen LogP contribution in [0, 0.1) is 0 Å². The lowest BCUT2D eigenvalue weighted by molar-refractivity contribution is -0.116. The molecule has 0 aliphatic rings. The van der Waals surface area contributed by atoms with Gasteiger partial charge >= 0.3 is 0 Å². The van der Waals surface area contributed by atoms with E-state index in [2.05, 4.69) is 10.6 Å². The average molecular weight is 298 g/mol. The molecule has 0 unspecified atom stereocenters. The summed E-state index contributed by atoms with van der Waals surface area (Å²) in [6, 6.07) is 16.8. The van der Waals surface area contributed by atoms with E-state index in [0.717, 1.165) is 17.1 Å². The molecule has 2 aromatic rings. The molecule has 4 heteroatoms. The van der Waals surface area contributed by atoms with Gasteiger partial charge in [0.05, 0.1) is 12.3 Å². The zero-order valence-corrected chi connectivity index (χ0v) is 13.0. The van der Waals surface area contributed by atoms with E-state index in [0.29, 0.717) is 13.0 Å². The van der Waals surface area contributed by atoms with Crippen LogP contribution in [0.3, 0.4) is 0 Å². The van der Waals surface area contributed by atoms with Crippen molar-refractivity contribution in [2.45, 2.75) is 26.3 Å². The van der Waals surface area contributed by atoms with Crippen LogP contribution < -0.4 is 15.4 Å². The second kappa shape index (κ2) is 8.08. The molecule has 0 bridgehead atoms. The Labute approximate surface area is 131 Å². The minimum Gasteiger partial charge on any atom is -0.492 e. The predicted octanol–water partition coefficient (Wildman–Crippen LogP) is 3.91. The summed E-state index contributed by atoms with van der Waals surface area (Å²) < 4.78 is 5.59. The van der Waals surface area contributed by atoms with Crippen LogP contribution in [-0.2, 0) is 4.79 Å². The van der Waals surface area contributed by atoms with Crippen LogP contribution in [0.1, 0.15) is 20.3 Å². The normalized spacial score (nSPS) is 11.5. The van der Waals surface area contributed by atoms with E-state index in [4.69, 9.17) is 4.74 Å². The summed E-state index contributed by atoms with van der Waals surface area (Å²) >= 11 is 0. The van der Waals surface area contributed by atoms with Crippen LogP contribution in [0.15, 0.2) is 54.6 Å². The van der Waals surface area contributed by atoms with E-state index in [9.17, 15) is 4.79 Å². The summed E-state index contributed by atoms with van der Waals surface area (Å²) in [5.74, 6) is 0.705. The Bertz CT molecular complexity index is 599. The number of hydrogen-bond acceptors (Lipinski definition) is 3. The first-order chi connectivity index (χ1) is 10.7. The summed E-state index contributed by atoms with van der Waals surface area (Å²) in [6.45, 7) is 4.51. The topological polar surface area (TPSA) is 50.4 Å². The van der Waals surface area contributed by atoms with Crippen LogP contribution in [0.4, 0.5) is 11.4 Å². The van der Waals surface area contributed by atoms with Gasteiger partial charge in [-0.25, -0.2) is 0 Å². The average Bonchev–Trinajstić information content (AvgIpc) is 2.55. The SMILES string of the molecule is CCOc1ccccc1N[C@@H](CC)C(=O)Nc1ccccc1. The Morgan fingerprint density at radius 2 is 1.73 bits per heavy atom. The zero-order chi connectivity index (χ0) is 15.8. The van der Waals surface area contributed by atoms with E-state index in [1.54, 1.807) is 0 Å². The van der Waals surface area contributed by atoms with Crippen molar-refractivity contribution in [3.8, 4) is 5.75 Å². The molecule has 2 N–H and O–H groups in total. The fourth-order valence-electron chi connectivity index (χ4n) is 2.16. The van der Waals surface area contributed by atoms with Crippen molar-refractivity contribution in [3.05, 3.63) is 54.6 Å². The lowest BCUT2D eigenvalue weighted by Gasteiger charge is -2.20. The number of nitrogens with one attached hydrogen (secondary N) is 2. The second-order valence-corrected chi connectivity index (χ2v) is 4.89. The van der Waals surface area contributed by atoms with Gasteiger partial charge in [-0.15, -0.1) is 0 Å². The summed E-state index contributed by atoms with van der Waals surface area (Å²) in [5, 5.41) is 6.19.